The lowest BCUT2D eigenvalue weighted by Gasteiger charge is -1.89. The maximum Gasteiger partial charge on any atom is 0.192 e. The van der Waals surface area contributed by atoms with E-state index in [1.807, 2.05) is 18.2 Å². The minimum absolute atomic E-state index is 0.649. The maximum absolute atomic E-state index is 5.88. The first-order valence-corrected chi connectivity index (χ1v) is 6.49. The average Bonchev–Trinajstić information content (AvgIpc) is 2.83. The first kappa shape index (κ1) is 10.3. The molecule has 3 rings (SSSR count). The molecule has 3 aromatic rings. The molecule has 0 saturated heterocycles. The second-order valence-electron chi connectivity index (χ2n) is 3.19. The van der Waals surface area contributed by atoms with Gasteiger partial charge in [-0.25, -0.2) is 9.50 Å². The molecule has 0 aliphatic carbocycles. The number of nitrogens with zero attached hydrogens (tertiary/aromatic N) is 3. The number of hydrogen-bond acceptors (Lipinski definition) is 3. The van der Waals surface area contributed by atoms with Crippen LogP contribution in [0.2, 0.25) is 5.02 Å². The third-order valence-corrected chi connectivity index (χ3v) is 3.93. The van der Waals surface area contributed by atoms with Crippen molar-refractivity contribution in [2.45, 2.75) is 0 Å². The number of rotatable bonds is 1. The molecule has 0 aliphatic heterocycles. The molecule has 3 heterocycles. The lowest BCUT2D eigenvalue weighted by molar-refractivity contribution is 0.967. The maximum atomic E-state index is 5.88. The van der Waals surface area contributed by atoms with Gasteiger partial charge in [0.2, 0.25) is 0 Å². The van der Waals surface area contributed by atoms with Gasteiger partial charge in [-0.1, -0.05) is 11.6 Å². The molecular weight excluding hydrogens is 310 g/mol. The van der Waals surface area contributed by atoms with Crippen LogP contribution in [0.3, 0.4) is 0 Å². The standard InChI is InChI=1S/C10H5BrClN3S/c11-8-3-2-7(16-8)10-13-9-4-1-6(12)5-15(9)14-10/h1-5H. The predicted octanol–water partition coefficient (Wildman–Crippen LogP) is 3.87. The number of hydrogen-bond donors (Lipinski definition) is 0. The zero-order chi connectivity index (χ0) is 11.1. The van der Waals surface area contributed by atoms with Gasteiger partial charge in [-0.15, -0.1) is 16.4 Å². The molecule has 3 aromatic heterocycles. The summed E-state index contributed by atoms with van der Waals surface area (Å²) >= 11 is 10.9. The summed E-state index contributed by atoms with van der Waals surface area (Å²) in [4.78, 5) is 5.45. The van der Waals surface area contributed by atoms with Crippen molar-refractivity contribution in [3.05, 3.63) is 39.3 Å². The third-order valence-electron chi connectivity index (χ3n) is 2.09. The molecule has 0 saturated carbocycles. The van der Waals surface area contributed by atoms with E-state index in [0.29, 0.717) is 5.02 Å². The highest BCUT2D eigenvalue weighted by Gasteiger charge is 2.08. The van der Waals surface area contributed by atoms with Gasteiger partial charge in [0, 0.05) is 6.20 Å². The first-order valence-electron chi connectivity index (χ1n) is 4.50. The topological polar surface area (TPSA) is 30.2 Å². The number of halogens is 2. The summed E-state index contributed by atoms with van der Waals surface area (Å²) in [6.07, 6.45) is 1.75. The zero-order valence-electron chi connectivity index (χ0n) is 7.89. The molecule has 0 N–H and O–H groups in total. The number of aromatic nitrogens is 3. The molecule has 0 unspecified atom stereocenters. The quantitative estimate of drug-likeness (QED) is 0.682. The van der Waals surface area contributed by atoms with Crippen LogP contribution >= 0.6 is 38.9 Å². The molecule has 0 bridgehead atoms. The van der Waals surface area contributed by atoms with Crippen LogP contribution in [0.1, 0.15) is 0 Å². The second-order valence-corrected chi connectivity index (χ2v) is 6.09. The van der Waals surface area contributed by atoms with Gasteiger partial charge in [0.1, 0.15) is 0 Å². The van der Waals surface area contributed by atoms with E-state index in [4.69, 9.17) is 11.6 Å². The molecule has 16 heavy (non-hydrogen) atoms. The molecule has 80 valence electrons. The number of fused-ring (bicyclic) bond motifs is 1. The highest BCUT2D eigenvalue weighted by atomic mass is 79.9. The van der Waals surface area contributed by atoms with Gasteiger partial charge in [-0.2, -0.15) is 0 Å². The third kappa shape index (κ3) is 1.75. The molecule has 0 radical (unpaired) electrons. The van der Waals surface area contributed by atoms with E-state index in [9.17, 15) is 0 Å². The van der Waals surface area contributed by atoms with Crippen LogP contribution < -0.4 is 0 Å². The van der Waals surface area contributed by atoms with E-state index in [0.717, 1.165) is 20.1 Å². The van der Waals surface area contributed by atoms with Crippen molar-refractivity contribution < 1.29 is 0 Å². The molecule has 0 spiro atoms. The second kappa shape index (κ2) is 3.84. The molecule has 6 heteroatoms. The van der Waals surface area contributed by atoms with Gasteiger partial charge >= 0.3 is 0 Å². The number of pyridine rings is 1. The molecular formula is C10H5BrClN3S. The highest BCUT2D eigenvalue weighted by molar-refractivity contribution is 9.11. The number of thiophene rings is 1. The van der Waals surface area contributed by atoms with Gasteiger partial charge in [0.15, 0.2) is 11.5 Å². The van der Waals surface area contributed by atoms with Crippen LogP contribution in [0, 0.1) is 0 Å². The first-order chi connectivity index (χ1) is 7.72. The van der Waals surface area contributed by atoms with E-state index < -0.39 is 0 Å². The lowest BCUT2D eigenvalue weighted by atomic mass is 10.4. The Morgan fingerprint density at radius 3 is 2.88 bits per heavy atom. The summed E-state index contributed by atoms with van der Waals surface area (Å²) in [7, 11) is 0. The largest absolute Gasteiger partial charge is 0.219 e. The molecule has 0 amide bonds. The zero-order valence-corrected chi connectivity index (χ0v) is 11.1. The van der Waals surface area contributed by atoms with Crippen molar-refractivity contribution in [3.8, 4) is 10.7 Å². The fourth-order valence-corrected chi connectivity index (χ4v) is 2.87. The van der Waals surface area contributed by atoms with Crippen LogP contribution in [0.25, 0.3) is 16.3 Å². The lowest BCUT2D eigenvalue weighted by Crippen LogP contribution is -1.85. The smallest absolute Gasteiger partial charge is 0.192 e. The summed E-state index contributed by atoms with van der Waals surface area (Å²) in [5.74, 6) is 0.720. The molecule has 3 nitrogen and oxygen atoms in total. The molecule has 0 fully saturated rings. The fourth-order valence-electron chi connectivity index (χ4n) is 1.40. The Balaban J connectivity index is 2.18. The normalized spacial score (nSPS) is 11.1. The van der Waals surface area contributed by atoms with Crippen LogP contribution in [-0.4, -0.2) is 14.6 Å². The SMILES string of the molecule is Clc1ccc2nc(-c3ccc(Br)s3)nn2c1. The van der Waals surface area contributed by atoms with Crippen molar-refractivity contribution in [2.24, 2.45) is 0 Å². The van der Waals surface area contributed by atoms with Gasteiger partial charge in [-0.3, -0.25) is 0 Å². The predicted molar refractivity (Wildman–Crippen MR) is 69.0 cm³/mol. The summed E-state index contributed by atoms with van der Waals surface area (Å²) in [5, 5.41) is 5.02. The Bertz CT molecular complexity index is 661. The Morgan fingerprint density at radius 2 is 2.12 bits per heavy atom. The monoisotopic (exact) mass is 313 g/mol. The van der Waals surface area contributed by atoms with Crippen molar-refractivity contribution in [2.75, 3.05) is 0 Å². The van der Waals surface area contributed by atoms with Gasteiger partial charge in [-0.05, 0) is 40.2 Å². The summed E-state index contributed by atoms with van der Waals surface area (Å²) in [6, 6.07) is 7.63. The van der Waals surface area contributed by atoms with E-state index in [2.05, 4.69) is 26.0 Å². The van der Waals surface area contributed by atoms with Gasteiger partial charge < -0.3 is 0 Å². The van der Waals surface area contributed by atoms with Crippen LogP contribution in [-0.2, 0) is 0 Å². The van der Waals surface area contributed by atoms with Crippen molar-refractivity contribution in [1.82, 2.24) is 14.6 Å². The van der Waals surface area contributed by atoms with Crippen molar-refractivity contribution in [1.29, 1.82) is 0 Å². The molecule has 0 aliphatic rings. The van der Waals surface area contributed by atoms with Gasteiger partial charge in [0.05, 0.1) is 13.7 Å². The van der Waals surface area contributed by atoms with Crippen LogP contribution in [0.5, 0.6) is 0 Å². The minimum atomic E-state index is 0.649. The summed E-state index contributed by atoms with van der Waals surface area (Å²) in [5.41, 5.74) is 0.795. The fraction of sp³-hybridized carbons (Fsp3) is 0. The van der Waals surface area contributed by atoms with Crippen molar-refractivity contribution in [3.63, 3.8) is 0 Å². The van der Waals surface area contributed by atoms with Crippen LogP contribution in [0.4, 0.5) is 0 Å². The van der Waals surface area contributed by atoms with Gasteiger partial charge in [0.25, 0.3) is 0 Å². The Hall–Kier alpha value is -0.910. The van der Waals surface area contributed by atoms with Crippen LogP contribution in [0.15, 0.2) is 34.2 Å². The molecule has 0 aromatic carbocycles. The Kier molecular flexibility index (Phi) is 2.46. The Labute approximate surface area is 109 Å². The average molecular weight is 315 g/mol. The molecule has 0 atom stereocenters. The van der Waals surface area contributed by atoms with E-state index in [-0.39, 0.29) is 0 Å². The van der Waals surface area contributed by atoms with E-state index in [1.165, 1.54) is 0 Å². The Morgan fingerprint density at radius 1 is 1.25 bits per heavy atom. The highest BCUT2D eigenvalue weighted by Crippen LogP contribution is 2.29. The summed E-state index contributed by atoms with van der Waals surface area (Å²) in [6.45, 7) is 0. The minimum Gasteiger partial charge on any atom is -0.219 e. The van der Waals surface area contributed by atoms with E-state index in [1.54, 1.807) is 28.1 Å². The summed E-state index contributed by atoms with van der Waals surface area (Å²) < 4.78 is 2.75. The van der Waals surface area contributed by atoms with E-state index >= 15 is 0 Å². The van der Waals surface area contributed by atoms with Crippen molar-refractivity contribution >= 4 is 44.5 Å².